The van der Waals surface area contributed by atoms with Crippen molar-refractivity contribution in [2.75, 3.05) is 33.3 Å². The fourth-order valence-electron chi connectivity index (χ4n) is 3.83. The topological polar surface area (TPSA) is 113 Å². The summed E-state index contributed by atoms with van der Waals surface area (Å²) in [6.45, 7) is 0.730. The van der Waals surface area contributed by atoms with Crippen LogP contribution in [0.3, 0.4) is 0 Å². The zero-order valence-corrected chi connectivity index (χ0v) is 21.1. The molecule has 1 saturated heterocycles. The van der Waals surface area contributed by atoms with Crippen molar-refractivity contribution in [2.24, 2.45) is 0 Å². The molecule has 0 radical (unpaired) electrons. The SMILES string of the molecule is COc1ccc(C(=O)N2CCN(C(=O)[C@H](NC(=O)c3cccs3)S(=O)(=O)c3ccccc3)CC2)cc1. The Labute approximate surface area is 213 Å². The van der Waals surface area contributed by atoms with Crippen molar-refractivity contribution in [2.45, 2.75) is 10.3 Å². The van der Waals surface area contributed by atoms with Crippen molar-refractivity contribution in [3.63, 3.8) is 0 Å². The molecule has 188 valence electrons. The molecule has 36 heavy (non-hydrogen) atoms. The van der Waals surface area contributed by atoms with Crippen LogP contribution < -0.4 is 10.1 Å². The first kappa shape index (κ1) is 25.4. The van der Waals surface area contributed by atoms with Gasteiger partial charge in [0.2, 0.25) is 15.2 Å². The summed E-state index contributed by atoms with van der Waals surface area (Å²) in [5, 5.41) is 2.32. The zero-order valence-electron chi connectivity index (χ0n) is 19.5. The van der Waals surface area contributed by atoms with Crippen LogP contribution in [0.2, 0.25) is 0 Å². The monoisotopic (exact) mass is 527 g/mol. The highest BCUT2D eigenvalue weighted by Crippen LogP contribution is 2.20. The maximum absolute atomic E-state index is 13.5. The third-order valence-electron chi connectivity index (χ3n) is 5.83. The number of methoxy groups -OCH3 is 1. The van der Waals surface area contributed by atoms with Gasteiger partial charge in [0.1, 0.15) is 5.75 Å². The van der Waals surface area contributed by atoms with Gasteiger partial charge in [0.25, 0.3) is 17.7 Å². The van der Waals surface area contributed by atoms with Crippen LogP contribution in [0.15, 0.2) is 77.0 Å². The van der Waals surface area contributed by atoms with Gasteiger partial charge in [0.05, 0.1) is 16.9 Å². The lowest BCUT2D eigenvalue weighted by molar-refractivity contribution is -0.132. The second-order valence-corrected chi connectivity index (χ2v) is 11.0. The molecular formula is C25H25N3O6S2. The fourth-order valence-corrected chi connectivity index (χ4v) is 5.94. The Balaban J connectivity index is 1.50. The van der Waals surface area contributed by atoms with Crippen LogP contribution in [0.5, 0.6) is 5.75 Å². The number of rotatable bonds is 7. The van der Waals surface area contributed by atoms with E-state index in [1.54, 1.807) is 72.0 Å². The molecule has 0 spiro atoms. The number of carbonyl (C=O) groups excluding carboxylic acids is 3. The van der Waals surface area contributed by atoms with Gasteiger partial charge in [0, 0.05) is 31.7 Å². The average Bonchev–Trinajstić information content (AvgIpc) is 3.47. The summed E-state index contributed by atoms with van der Waals surface area (Å²) in [4.78, 5) is 42.3. The lowest BCUT2D eigenvalue weighted by Crippen LogP contribution is -2.57. The van der Waals surface area contributed by atoms with Gasteiger partial charge in [-0.05, 0) is 47.8 Å². The number of piperazine rings is 1. The quantitative estimate of drug-likeness (QED) is 0.504. The highest BCUT2D eigenvalue weighted by atomic mass is 32.2. The van der Waals surface area contributed by atoms with Gasteiger partial charge in [-0.15, -0.1) is 11.3 Å². The van der Waals surface area contributed by atoms with Crippen molar-refractivity contribution in [1.82, 2.24) is 15.1 Å². The molecule has 3 aromatic rings. The maximum atomic E-state index is 13.5. The Bertz CT molecular complexity index is 1320. The van der Waals surface area contributed by atoms with Crippen LogP contribution in [-0.2, 0) is 14.6 Å². The number of thiophene rings is 1. The van der Waals surface area contributed by atoms with Crippen molar-refractivity contribution in [1.29, 1.82) is 0 Å². The van der Waals surface area contributed by atoms with Gasteiger partial charge in [-0.1, -0.05) is 24.3 Å². The first-order chi connectivity index (χ1) is 17.3. The second-order valence-electron chi connectivity index (χ2n) is 8.03. The summed E-state index contributed by atoms with van der Waals surface area (Å²) in [6, 6.07) is 17.5. The summed E-state index contributed by atoms with van der Waals surface area (Å²) < 4.78 is 31.9. The summed E-state index contributed by atoms with van der Waals surface area (Å²) in [6.07, 6.45) is 0. The van der Waals surface area contributed by atoms with E-state index in [1.165, 1.54) is 17.0 Å². The van der Waals surface area contributed by atoms with Crippen LogP contribution in [-0.4, -0.2) is 74.6 Å². The molecule has 2 aromatic carbocycles. The molecule has 0 aliphatic carbocycles. The molecule has 1 N–H and O–H groups in total. The molecule has 4 rings (SSSR count). The molecule has 1 atom stereocenters. The molecule has 1 aliphatic rings. The second kappa shape index (κ2) is 10.9. The van der Waals surface area contributed by atoms with Crippen molar-refractivity contribution in [3.8, 4) is 5.75 Å². The molecule has 1 aliphatic heterocycles. The normalized spacial score (nSPS) is 14.7. The Morgan fingerprint density at radius 2 is 1.53 bits per heavy atom. The number of nitrogens with one attached hydrogen (secondary N) is 1. The van der Waals surface area contributed by atoms with E-state index in [-0.39, 0.29) is 37.0 Å². The molecule has 9 nitrogen and oxygen atoms in total. The third-order valence-corrected chi connectivity index (χ3v) is 8.57. The molecule has 0 saturated carbocycles. The molecule has 0 unspecified atom stereocenters. The first-order valence-corrected chi connectivity index (χ1v) is 13.6. The van der Waals surface area contributed by atoms with Gasteiger partial charge in [-0.2, -0.15) is 0 Å². The van der Waals surface area contributed by atoms with E-state index < -0.39 is 27.0 Å². The Morgan fingerprint density at radius 1 is 0.889 bits per heavy atom. The smallest absolute Gasteiger partial charge is 0.262 e. The highest BCUT2D eigenvalue weighted by Gasteiger charge is 2.39. The summed E-state index contributed by atoms with van der Waals surface area (Å²) in [7, 11) is -2.68. The van der Waals surface area contributed by atoms with Crippen molar-refractivity contribution < 1.29 is 27.5 Å². The standard InChI is InChI=1S/C25H25N3O6S2/c1-34-19-11-9-18(10-12-19)24(30)27-13-15-28(16-14-27)25(31)23(26-22(29)21-8-5-17-35-21)36(32,33)20-6-3-2-4-7-20/h2-12,17,23H,13-16H2,1H3,(H,26,29)/t23-/m1/s1. The van der Waals surface area contributed by atoms with Crippen LogP contribution in [0.4, 0.5) is 0 Å². The summed E-state index contributed by atoms with van der Waals surface area (Å²) in [5.41, 5.74) is 0.489. The van der Waals surface area contributed by atoms with Crippen LogP contribution >= 0.6 is 11.3 Å². The Kier molecular flexibility index (Phi) is 7.70. The van der Waals surface area contributed by atoms with Gasteiger partial charge in [-0.3, -0.25) is 14.4 Å². The van der Waals surface area contributed by atoms with E-state index in [0.29, 0.717) is 16.2 Å². The summed E-state index contributed by atoms with van der Waals surface area (Å²) >= 11 is 1.15. The minimum atomic E-state index is -4.23. The number of benzene rings is 2. The van der Waals surface area contributed by atoms with E-state index in [2.05, 4.69) is 5.32 Å². The van der Waals surface area contributed by atoms with Crippen molar-refractivity contribution >= 4 is 38.9 Å². The number of amides is 3. The summed E-state index contributed by atoms with van der Waals surface area (Å²) in [5.74, 6) is -0.932. The first-order valence-electron chi connectivity index (χ1n) is 11.2. The Morgan fingerprint density at radius 3 is 2.11 bits per heavy atom. The third kappa shape index (κ3) is 5.42. The van der Waals surface area contributed by atoms with E-state index >= 15 is 0 Å². The maximum Gasteiger partial charge on any atom is 0.262 e. The van der Waals surface area contributed by atoms with E-state index in [4.69, 9.17) is 4.74 Å². The van der Waals surface area contributed by atoms with Crippen LogP contribution in [0.1, 0.15) is 20.0 Å². The number of nitrogens with zero attached hydrogens (tertiary/aromatic N) is 2. The Hall–Kier alpha value is -3.70. The van der Waals surface area contributed by atoms with Gasteiger partial charge in [0.15, 0.2) is 0 Å². The largest absolute Gasteiger partial charge is 0.497 e. The molecule has 2 heterocycles. The van der Waals surface area contributed by atoms with Crippen molar-refractivity contribution in [3.05, 3.63) is 82.6 Å². The van der Waals surface area contributed by atoms with Crippen LogP contribution in [0, 0.1) is 0 Å². The number of carbonyl (C=O) groups is 3. The predicted octanol–water partition coefficient (Wildman–Crippen LogP) is 2.27. The lowest BCUT2D eigenvalue weighted by Gasteiger charge is -2.36. The molecule has 1 fully saturated rings. The molecule has 11 heteroatoms. The van der Waals surface area contributed by atoms with Crippen LogP contribution in [0.25, 0.3) is 0 Å². The molecule has 3 amide bonds. The number of ether oxygens (including phenoxy) is 1. The number of hydrogen-bond donors (Lipinski definition) is 1. The van der Waals surface area contributed by atoms with Gasteiger partial charge >= 0.3 is 0 Å². The molecule has 1 aromatic heterocycles. The predicted molar refractivity (Wildman–Crippen MR) is 135 cm³/mol. The fraction of sp³-hybridized carbons (Fsp3) is 0.240. The minimum Gasteiger partial charge on any atom is -0.497 e. The number of sulfone groups is 1. The lowest BCUT2D eigenvalue weighted by atomic mass is 10.1. The average molecular weight is 528 g/mol. The minimum absolute atomic E-state index is 0.0665. The zero-order chi connectivity index (χ0) is 25.7. The number of hydrogen-bond acceptors (Lipinski definition) is 7. The van der Waals surface area contributed by atoms with E-state index in [9.17, 15) is 22.8 Å². The van der Waals surface area contributed by atoms with Gasteiger partial charge < -0.3 is 19.9 Å². The molecular weight excluding hydrogens is 502 g/mol. The van der Waals surface area contributed by atoms with Gasteiger partial charge in [-0.25, -0.2) is 8.42 Å². The molecule has 0 bridgehead atoms. The van der Waals surface area contributed by atoms with E-state index in [0.717, 1.165) is 11.3 Å². The van der Waals surface area contributed by atoms with E-state index in [1.807, 2.05) is 0 Å². The highest BCUT2D eigenvalue weighted by molar-refractivity contribution is 7.92.